The van der Waals surface area contributed by atoms with Gasteiger partial charge in [0.1, 0.15) is 0 Å². The van der Waals surface area contributed by atoms with Gasteiger partial charge >= 0.3 is 6.18 Å². The van der Waals surface area contributed by atoms with Gasteiger partial charge in [-0.25, -0.2) is 0 Å². The number of hydrogen-bond acceptors (Lipinski definition) is 0. The Morgan fingerprint density at radius 1 is 1.18 bits per heavy atom. The summed E-state index contributed by atoms with van der Waals surface area (Å²) >= 11 is 3.43. The number of rotatable bonds is 2. The first-order valence-corrected chi connectivity index (χ1v) is 8.29. The van der Waals surface area contributed by atoms with Gasteiger partial charge in [-0.2, -0.15) is 13.2 Å². The minimum atomic E-state index is -4.26. The van der Waals surface area contributed by atoms with Gasteiger partial charge in [0.2, 0.25) is 0 Å². The summed E-state index contributed by atoms with van der Waals surface area (Å²) in [5.41, 5.74) is 2.51. The molecule has 0 heterocycles. The number of hydrogen-bond donors (Lipinski definition) is 0. The molecule has 0 aromatic heterocycles. The highest BCUT2D eigenvalue weighted by Gasteiger charge is 2.32. The molecular weight excluding hydrogens is 353 g/mol. The number of alkyl halides is 3. The van der Waals surface area contributed by atoms with Crippen LogP contribution in [-0.2, 0) is 19.0 Å². The van der Waals surface area contributed by atoms with E-state index < -0.39 is 11.7 Å². The lowest BCUT2D eigenvalue weighted by Gasteiger charge is -2.09. The van der Waals surface area contributed by atoms with Crippen LogP contribution in [0.3, 0.4) is 0 Å². The van der Waals surface area contributed by atoms with E-state index in [0.29, 0.717) is 12.3 Å². The summed E-state index contributed by atoms with van der Waals surface area (Å²) < 4.78 is 39.1. The van der Waals surface area contributed by atoms with Crippen molar-refractivity contribution < 1.29 is 13.2 Å². The molecule has 1 aliphatic rings. The van der Waals surface area contributed by atoms with E-state index in [1.165, 1.54) is 17.7 Å². The van der Waals surface area contributed by atoms with Crippen molar-refractivity contribution in [2.75, 3.05) is 0 Å². The molecule has 0 radical (unpaired) electrons. The molecule has 1 aromatic carbocycles. The van der Waals surface area contributed by atoms with Crippen molar-refractivity contribution in [1.29, 1.82) is 0 Å². The average molecular weight is 375 g/mol. The fraction of sp³-hybridized carbons (Fsp3) is 0.444. The number of halogens is 4. The smallest absolute Gasteiger partial charge is 0.166 e. The Balaban J connectivity index is 0.00000116. The van der Waals surface area contributed by atoms with Gasteiger partial charge < -0.3 is 0 Å². The predicted octanol–water partition coefficient (Wildman–Crippen LogP) is 6.69. The van der Waals surface area contributed by atoms with Crippen LogP contribution in [0.4, 0.5) is 13.2 Å². The van der Waals surface area contributed by atoms with Crippen LogP contribution in [0.5, 0.6) is 0 Å². The fourth-order valence-corrected chi connectivity index (χ4v) is 2.90. The lowest BCUT2D eigenvalue weighted by Crippen LogP contribution is -2.05. The van der Waals surface area contributed by atoms with Crippen molar-refractivity contribution in [1.82, 2.24) is 0 Å². The van der Waals surface area contributed by atoms with Gasteiger partial charge in [0, 0.05) is 4.48 Å². The van der Waals surface area contributed by atoms with Gasteiger partial charge in [-0.15, -0.1) is 0 Å². The normalized spacial score (nSPS) is 18.6. The Hall–Kier alpha value is -1.03. The Morgan fingerprint density at radius 2 is 1.77 bits per heavy atom. The highest BCUT2D eigenvalue weighted by molar-refractivity contribution is 9.11. The van der Waals surface area contributed by atoms with Crippen LogP contribution in [-0.4, -0.2) is 0 Å². The fourth-order valence-electron chi connectivity index (χ4n) is 2.54. The van der Waals surface area contributed by atoms with Gasteiger partial charge in [0.05, 0.1) is 5.56 Å². The maximum Gasteiger partial charge on any atom is 0.416 e. The summed E-state index contributed by atoms with van der Waals surface area (Å²) in [5.74, 6) is 0.293. The second-order valence-electron chi connectivity index (χ2n) is 5.15. The van der Waals surface area contributed by atoms with Gasteiger partial charge in [0.25, 0.3) is 0 Å². The summed E-state index contributed by atoms with van der Waals surface area (Å²) in [7, 11) is 0. The van der Waals surface area contributed by atoms with Crippen molar-refractivity contribution in [3.8, 4) is 0 Å². The van der Waals surface area contributed by atoms with Crippen molar-refractivity contribution in [2.24, 2.45) is 5.92 Å². The summed E-state index contributed by atoms with van der Waals surface area (Å²) in [6.07, 6.45) is 1.24. The predicted molar refractivity (Wildman–Crippen MR) is 90.1 cm³/mol. The maximum atomic E-state index is 12.7. The first-order valence-electron chi connectivity index (χ1n) is 7.50. The second-order valence-corrected chi connectivity index (χ2v) is 6.06. The summed E-state index contributed by atoms with van der Waals surface area (Å²) in [5, 5.41) is 0. The lowest BCUT2D eigenvalue weighted by atomic mass is 9.97. The molecule has 1 aliphatic carbocycles. The van der Waals surface area contributed by atoms with Crippen LogP contribution in [0.15, 0.2) is 40.4 Å². The van der Waals surface area contributed by atoms with Crippen LogP contribution < -0.4 is 0 Å². The van der Waals surface area contributed by atoms with Crippen LogP contribution in [0.2, 0.25) is 0 Å². The van der Waals surface area contributed by atoms with Gasteiger partial charge in [-0.1, -0.05) is 47.5 Å². The monoisotopic (exact) mass is 374 g/mol. The van der Waals surface area contributed by atoms with E-state index in [9.17, 15) is 13.2 Å². The molecule has 4 heteroatoms. The second kappa shape index (κ2) is 8.00. The molecule has 0 amide bonds. The van der Waals surface area contributed by atoms with Crippen LogP contribution >= 0.6 is 15.9 Å². The SMILES string of the molecule is C/C=C(Br)\C=C(/C)C1Cc2ccc(C(F)(F)F)cc2C1.CC. The van der Waals surface area contributed by atoms with Gasteiger partial charge in [-0.05, 0) is 61.9 Å². The van der Waals surface area contributed by atoms with E-state index in [4.69, 9.17) is 0 Å². The Bertz CT molecular complexity index is 568. The van der Waals surface area contributed by atoms with Crippen LogP contribution in [0.25, 0.3) is 0 Å². The largest absolute Gasteiger partial charge is 0.416 e. The highest BCUT2D eigenvalue weighted by Crippen LogP contribution is 2.36. The van der Waals surface area contributed by atoms with Crippen LogP contribution in [0.1, 0.15) is 44.4 Å². The Kier molecular flexibility index (Phi) is 6.92. The van der Waals surface area contributed by atoms with E-state index >= 15 is 0 Å². The molecule has 0 saturated heterocycles. The van der Waals surface area contributed by atoms with E-state index in [0.717, 1.165) is 22.0 Å². The summed E-state index contributed by atoms with van der Waals surface area (Å²) in [4.78, 5) is 0. The van der Waals surface area contributed by atoms with Gasteiger partial charge in [0.15, 0.2) is 0 Å². The van der Waals surface area contributed by atoms with E-state index in [1.54, 1.807) is 6.07 Å². The highest BCUT2D eigenvalue weighted by atomic mass is 79.9. The maximum absolute atomic E-state index is 12.7. The molecule has 1 unspecified atom stereocenters. The molecule has 122 valence electrons. The van der Waals surface area contributed by atoms with Crippen molar-refractivity contribution in [3.63, 3.8) is 0 Å². The first-order chi connectivity index (χ1) is 10.3. The average Bonchev–Trinajstić information content (AvgIpc) is 2.91. The number of allylic oxidation sites excluding steroid dienone is 4. The zero-order valence-corrected chi connectivity index (χ0v) is 15.0. The topological polar surface area (TPSA) is 0 Å². The van der Waals surface area contributed by atoms with Crippen molar-refractivity contribution in [2.45, 2.75) is 46.7 Å². The molecule has 0 nitrogen and oxygen atoms in total. The third kappa shape index (κ3) is 4.73. The van der Waals surface area contributed by atoms with Crippen molar-refractivity contribution in [3.05, 3.63) is 57.1 Å². The molecule has 0 bridgehead atoms. The lowest BCUT2D eigenvalue weighted by molar-refractivity contribution is -0.137. The molecule has 0 aliphatic heterocycles. The molecule has 1 atom stereocenters. The quantitative estimate of drug-likeness (QED) is 0.505. The van der Waals surface area contributed by atoms with E-state index in [1.807, 2.05) is 39.8 Å². The number of benzene rings is 1. The third-order valence-corrected chi connectivity index (χ3v) is 4.44. The number of fused-ring (bicyclic) bond motifs is 1. The molecule has 2 rings (SSSR count). The minimum absolute atomic E-state index is 0.293. The van der Waals surface area contributed by atoms with Crippen molar-refractivity contribution >= 4 is 15.9 Å². The standard InChI is InChI=1S/C16H16BrF3.C2H6/c1-3-15(17)6-10(2)12-7-11-4-5-14(16(18,19)20)9-13(11)8-12;1-2/h3-6,9,12H,7-8H2,1-2H3;1-2H3/b10-6+,15-3+;. The third-order valence-electron chi connectivity index (χ3n) is 3.75. The summed E-state index contributed by atoms with van der Waals surface area (Å²) in [6.45, 7) is 7.97. The first kappa shape index (κ1) is 19.0. The Morgan fingerprint density at radius 3 is 2.32 bits per heavy atom. The molecular formula is C18H22BrF3. The zero-order chi connectivity index (χ0) is 16.9. The molecule has 0 fully saturated rings. The Labute approximate surface area is 139 Å². The molecule has 0 saturated carbocycles. The molecule has 22 heavy (non-hydrogen) atoms. The van der Waals surface area contributed by atoms with Crippen LogP contribution in [0, 0.1) is 5.92 Å². The zero-order valence-electron chi connectivity index (χ0n) is 13.4. The minimum Gasteiger partial charge on any atom is -0.166 e. The molecule has 1 aromatic rings. The molecule has 0 N–H and O–H groups in total. The van der Waals surface area contributed by atoms with E-state index in [-0.39, 0.29) is 0 Å². The van der Waals surface area contributed by atoms with Gasteiger partial charge in [-0.3, -0.25) is 0 Å². The molecule has 0 spiro atoms. The van der Waals surface area contributed by atoms with E-state index in [2.05, 4.69) is 15.9 Å². The summed E-state index contributed by atoms with van der Waals surface area (Å²) in [6, 6.07) is 4.10.